The normalized spacial score (nSPS) is 11.0. The molecule has 0 aliphatic carbocycles. The van der Waals surface area contributed by atoms with E-state index >= 15 is 0 Å². The first kappa shape index (κ1) is 17.1. The zero-order chi connectivity index (χ0) is 16.0. The van der Waals surface area contributed by atoms with Crippen LogP contribution in [0.15, 0.2) is 12.1 Å². The molecule has 6 heteroatoms. The molecule has 0 aliphatic rings. The van der Waals surface area contributed by atoms with Crippen molar-refractivity contribution in [3.8, 4) is 17.2 Å². The third-order valence-corrected chi connectivity index (χ3v) is 3.20. The quantitative estimate of drug-likeness (QED) is 0.774. The lowest BCUT2D eigenvalue weighted by Crippen LogP contribution is -2.47. The van der Waals surface area contributed by atoms with Crippen LogP contribution in [0, 0.1) is 0 Å². The average Bonchev–Trinajstić information content (AvgIpc) is 2.50. The maximum Gasteiger partial charge on any atom is 0.325 e. The van der Waals surface area contributed by atoms with E-state index in [2.05, 4.69) is 5.32 Å². The lowest BCUT2D eigenvalue weighted by molar-refractivity contribution is -0.147. The van der Waals surface area contributed by atoms with Gasteiger partial charge in [0.05, 0.1) is 28.4 Å². The van der Waals surface area contributed by atoms with Crippen molar-refractivity contribution in [3.05, 3.63) is 17.7 Å². The lowest BCUT2D eigenvalue weighted by Gasteiger charge is -2.24. The minimum absolute atomic E-state index is 0.332. The third-order valence-electron chi connectivity index (χ3n) is 3.20. The Labute approximate surface area is 125 Å². The number of ether oxygens (including phenoxy) is 4. The predicted molar refractivity (Wildman–Crippen MR) is 79.0 cm³/mol. The Bertz CT molecular complexity index is 499. The highest BCUT2D eigenvalue weighted by molar-refractivity contribution is 5.79. The minimum Gasteiger partial charge on any atom is -0.496 e. The molecule has 0 bridgehead atoms. The molecule has 1 N–H and O–H groups in total. The van der Waals surface area contributed by atoms with Gasteiger partial charge in [-0.05, 0) is 19.9 Å². The van der Waals surface area contributed by atoms with Crippen LogP contribution < -0.4 is 19.5 Å². The largest absolute Gasteiger partial charge is 0.496 e. The van der Waals surface area contributed by atoms with Gasteiger partial charge in [-0.2, -0.15) is 0 Å². The summed E-state index contributed by atoms with van der Waals surface area (Å²) in [5.41, 5.74) is 0.0551. The van der Waals surface area contributed by atoms with Crippen molar-refractivity contribution >= 4 is 5.97 Å². The Morgan fingerprint density at radius 3 is 2.00 bits per heavy atom. The van der Waals surface area contributed by atoms with E-state index in [1.807, 2.05) is 6.07 Å². The zero-order valence-electron chi connectivity index (χ0n) is 13.4. The SMILES string of the molecule is COC(=O)C(C)(C)NCc1cc(OC)c(OC)cc1OC. The molecule has 0 amide bonds. The topological polar surface area (TPSA) is 66.0 Å². The number of carbonyl (C=O) groups excluding carboxylic acids is 1. The number of rotatable bonds is 7. The fraction of sp³-hybridized carbons (Fsp3) is 0.533. The minimum atomic E-state index is -0.799. The number of hydrogen-bond donors (Lipinski definition) is 1. The lowest BCUT2D eigenvalue weighted by atomic mass is 10.0. The highest BCUT2D eigenvalue weighted by atomic mass is 16.5. The molecule has 1 aromatic carbocycles. The van der Waals surface area contributed by atoms with E-state index in [0.29, 0.717) is 23.8 Å². The molecular weight excluding hydrogens is 274 g/mol. The molecule has 118 valence electrons. The second-order valence-electron chi connectivity index (χ2n) is 4.99. The molecule has 1 aromatic rings. The molecule has 6 nitrogen and oxygen atoms in total. The molecule has 0 spiro atoms. The monoisotopic (exact) mass is 297 g/mol. The Hall–Kier alpha value is -1.95. The summed E-state index contributed by atoms with van der Waals surface area (Å²) in [7, 11) is 6.08. The predicted octanol–water partition coefficient (Wildman–Crippen LogP) is 1.75. The van der Waals surface area contributed by atoms with Gasteiger partial charge >= 0.3 is 5.97 Å². The molecule has 0 unspecified atom stereocenters. The number of esters is 1. The van der Waals surface area contributed by atoms with Gasteiger partial charge in [0, 0.05) is 18.2 Å². The first-order chi connectivity index (χ1) is 9.89. The average molecular weight is 297 g/mol. The number of nitrogens with one attached hydrogen (secondary N) is 1. The van der Waals surface area contributed by atoms with E-state index in [0.717, 1.165) is 5.56 Å². The first-order valence-corrected chi connectivity index (χ1v) is 6.52. The van der Waals surface area contributed by atoms with Gasteiger partial charge in [-0.1, -0.05) is 0 Å². The Balaban J connectivity index is 3.00. The molecule has 0 atom stereocenters. The van der Waals surface area contributed by atoms with E-state index in [4.69, 9.17) is 18.9 Å². The first-order valence-electron chi connectivity index (χ1n) is 6.52. The second kappa shape index (κ2) is 7.17. The molecule has 0 aliphatic heterocycles. The van der Waals surface area contributed by atoms with Gasteiger partial charge in [-0.15, -0.1) is 0 Å². The zero-order valence-corrected chi connectivity index (χ0v) is 13.4. The van der Waals surface area contributed by atoms with Crippen LogP contribution in [0.3, 0.4) is 0 Å². The summed E-state index contributed by atoms with van der Waals surface area (Å²) in [5, 5.41) is 3.14. The molecule has 0 fully saturated rings. The maximum atomic E-state index is 11.7. The Morgan fingerprint density at radius 2 is 1.52 bits per heavy atom. The van der Waals surface area contributed by atoms with Gasteiger partial charge in [0.15, 0.2) is 11.5 Å². The van der Waals surface area contributed by atoms with Crippen molar-refractivity contribution in [2.75, 3.05) is 28.4 Å². The fourth-order valence-electron chi connectivity index (χ4n) is 1.87. The summed E-state index contributed by atoms with van der Waals surface area (Å²) < 4.78 is 20.6. The molecule has 0 aromatic heterocycles. The van der Waals surface area contributed by atoms with E-state index in [1.165, 1.54) is 7.11 Å². The highest BCUT2D eigenvalue weighted by Gasteiger charge is 2.28. The van der Waals surface area contributed by atoms with Crippen molar-refractivity contribution < 1.29 is 23.7 Å². The maximum absolute atomic E-state index is 11.7. The standard InChI is InChI=1S/C15H23NO5/c1-15(2,14(17)21-6)16-9-10-7-12(19-4)13(20-5)8-11(10)18-3/h7-8,16H,9H2,1-6H3. The van der Waals surface area contributed by atoms with E-state index < -0.39 is 5.54 Å². The molecule has 0 radical (unpaired) electrons. The second-order valence-corrected chi connectivity index (χ2v) is 4.99. The Morgan fingerprint density at radius 1 is 1.00 bits per heavy atom. The van der Waals surface area contributed by atoms with Gasteiger partial charge < -0.3 is 18.9 Å². The van der Waals surface area contributed by atoms with Crippen molar-refractivity contribution in [2.24, 2.45) is 0 Å². The van der Waals surface area contributed by atoms with Gasteiger partial charge in [-0.25, -0.2) is 0 Å². The summed E-state index contributed by atoms with van der Waals surface area (Å²) in [5.74, 6) is 1.51. The number of benzene rings is 1. The number of methoxy groups -OCH3 is 4. The van der Waals surface area contributed by atoms with Crippen molar-refractivity contribution in [1.29, 1.82) is 0 Å². The number of carbonyl (C=O) groups is 1. The summed E-state index contributed by atoms with van der Waals surface area (Å²) in [6.45, 7) is 3.93. The van der Waals surface area contributed by atoms with Crippen LogP contribution in [0.2, 0.25) is 0 Å². The van der Waals surface area contributed by atoms with Crippen molar-refractivity contribution in [2.45, 2.75) is 25.9 Å². The van der Waals surface area contributed by atoms with Crippen LogP contribution in [0.25, 0.3) is 0 Å². The highest BCUT2D eigenvalue weighted by Crippen LogP contribution is 2.34. The van der Waals surface area contributed by atoms with Gasteiger partial charge in [-0.3, -0.25) is 10.1 Å². The van der Waals surface area contributed by atoms with Gasteiger partial charge in [0.25, 0.3) is 0 Å². The summed E-state index contributed by atoms with van der Waals surface area (Å²) in [6, 6.07) is 3.57. The van der Waals surface area contributed by atoms with Crippen molar-refractivity contribution in [1.82, 2.24) is 5.32 Å². The molecule has 0 heterocycles. The summed E-state index contributed by atoms with van der Waals surface area (Å²) >= 11 is 0. The Kier molecular flexibility index (Phi) is 5.84. The third kappa shape index (κ3) is 4.01. The van der Waals surface area contributed by atoms with Crippen LogP contribution in [0.5, 0.6) is 17.2 Å². The van der Waals surface area contributed by atoms with Crippen LogP contribution in [0.4, 0.5) is 0 Å². The van der Waals surface area contributed by atoms with Crippen LogP contribution >= 0.6 is 0 Å². The van der Waals surface area contributed by atoms with Crippen molar-refractivity contribution in [3.63, 3.8) is 0 Å². The van der Waals surface area contributed by atoms with E-state index in [9.17, 15) is 4.79 Å². The molecular formula is C15H23NO5. The summed E-state index contributed by atoms with van der Waals surface area (Å²) in [6.07, 6.45) is 0. The molecule has 0 saturated carbocycles. The van der Waals surface area contributed by atoms with Crippen LogP contribution in [-0.4, -0.2) is 39.9 Å². The molecule has 0 saturated heterocycles. The van der Waals surface area contributed by atoms with E-state index in [1.54, 1.807) is 41.2 Å². The van der Waals surface area contributed by atoms with E-state index in [-0.39, 0.29) is 5.97 Å². The molecule has 21 heavy (non-hydrogen) atoms. The van der Waals surface area contributed by atoms with Crippen LogP contribution in [-0.2, 0) is 16.1 Å². The van der Waals surface area contributed by atoms with Gasteiger partial charge in [0.2, 0.25) is 0 Å². The fourth-order valence-corrected chi connectivity index (χ4v) is 1.87. The smallest absolute Gasteiger partial charge is 0.325 e. The summed E-state index contributed by atoms with van der Waals surface area (Å²) in [4.78, 5) is 11.7. The van der Waals surface area contributed by atoms with Crippen LogP contribution in [0.1, 0.15) is 19.4 Å². The van der Waals surface area contributed by atoms with Gasteiger partial charge in [0.1, 0.15) is 11.3 Å². The number of hydrogen-bond acceptors (Lipinski definition) is 6. The molecule has 1 rings (SSSR count).